The Kier molecular flexibility index (Phi) is 7.41. The highest BCUT2D eigenvalue weighted by atomic mass is 16.2. The second kappa shape index (κ2) is 9.54. The lowest BCUT2D eigenvalue weighted by molar-refractivity contribution is 0.1000. The van der Waals surface area contributed by atoms with Crippen molar-refractivity contribution in [3.63, 3.8) is 0 Å². The summed E-state index contributed by atoms with van der Waals surface area (Å²) in [6.45, 7) is 3.50. The molecular formula is C19H31N5O2. The summed E-state index contributed by atoms with van der Waals surface area (Å²) in [6.07, 6.45) is 3.73. The quantitative estimate of drug-likeness (QED) is 0.510. The zero-order valence-electron chi connectivity index (χ0n) is 15.6. The van der Waals surface area contributed by atoms with Crippen molar-refractivity contribution in [2.45, 2.75) is 25.7 Å². The number of likely N-dealkylation sites (tertiary alicyclic amines) is 1. The minimum atomic E-state index is -0.407. The first-order valence-electron chi connectivity index (χ1n) is 9.26. The van der Waals surface area contributed by atoms with E-state index in [-0.39, 0.29) is 11.4 Å². The van der Waals surface area contributed by atoms with E-state index in [0.29, 0.717) is 18.7 Å². The largest absolute Gasteiger partial charge is 0.366 e. The summed E-state index contributed by atoms with van der Waals surface area (Å²) in [5.74, 6) is -0.407. The van der Waals surface area contributed by atoms with Gasteiger partial charge in [-0.15, -0.1) is 0 Å². The van der Waals surface area contributed by atoms with Crippen LogP contribution in [-0.2, 0) is 6.42 Å². The number of nitrogens with two attached hydrogens (primary N) is 2. The smallest absolute Gasteiger partial charge is 0.317 e. The molecular weight excluding hydrogens is 330 g/mol. The van der Waals surface area contributed by atoms with Crippen molar-refractivity contribution in [1.82, 2.24) is 15.5 Å². The Morgan fingerprint density at radius 3 is 2.35 bits per heavy atom. The third kappa shape index (κ3) is 5.44. The van der Waals surface area contributed by atoms with Crippen molar-refractivity contribution in [3.05, 3.63) is 35.4 Å². The Balaban J connectivity index is 1.84. The molecule has 0 radical (unpaired) electrons. The highest BCUT2D eigenvalue weighted by Gasteiger charge is 2.34. The Morgan fingerprint density at radius 1 is 1.15 bits per heavy atom. The number of urea groups is 1. The molecule has 7 nitrogen and oxygen atoms in total. The van der Waals surface area contributed by atoms with E-state index in [1.165, 1.54) is 5.56 Å². The second-order valence-electron chi connectivity index (χ2n) is 7.09. The van der Waals surface area contributed by atoms with Crippen LogP contribution < -0.4 is 22.1 Å². The fourth-order valence-electron chi connectivity index (χ4n) is 3.39. The van der Waals surface area contributed by atoms with Gasteiger partial charge in [0.25, 0.3) is 0 Å². The van der Waals surface area contributed by atoms with Crippen LogP contribution >= 0.6 is 0 Å². The summed E-state index contributed by atoms with van der Waals surface area (Å²) in [4.78, 5) is 25.2. The lowest BCUT2D eigenvalue weighted by atomic mass is 9.74. The first kappa shape index (κ1) is 20.2. The number of aryl methyl sites for hydroxylation is 1. The number of amides is 3. The summed E-state index contributed by atoms with van der Waals surface area (Å²) in [5, 5.41) is 5.94. The highest BCUT2D eigenvalue weighted by molar-refractivity contribution is 5.92. The van der Waals surface area contributed by atoms with Crippen LogP contribution in [0.1, 0.15) is 35.2 Å². The first-order chi connectivity index (χ1) is 12.5. The molecule has 0 saturated carbocycles. The van der Waals surface area contributed by atoms with Gasteiger partial charge in [-0.1, -0.05) is 12.1 Å². The molecule has 0 aromatic heterocycles. The molecule has 1 heterocycles. The maximum Gasteiger partial charge on any atom is 0.317 e. The normalized spacial score (nSPS) is 16.3. The van der Waals surface area contributed by atoms with Crippen LogP contribution in [0, 0.1) is 5.41 Å². The van der Waals surface area contributed by atoms with E-state index < -0.39 is 5.91 Å². The average molecular weight is 361 g/mol. The predicted octanol–water partition coefficient (Wildman–Crippen LogP) is 0.688. The summed E-state index contributed by atoms with van der Waals surface area (Å²) >= 11 is 0. The van der Waals surface area contributed by atoms with Crippen molar-refractivity contribution in [2.75, 3.05) is 39.8 Å². The molecule has 7 heteroatoms. The third-order valence-corrected chi connectivity index (χ3v) is 5.38. The number of benzene rings is 1. The van der Waals surface area contributed by atoms with Crippen molar-refractivity contribution >= 4 is 11.9 Å². The maximum absolute atomic E-state index is 12.2. The standard InChI is InChI=1S/C19H31N5O2/c1-22-10-11-23-18(26)24-12-8-19(14-20,9-13-24)7-6-15-2-4-16(5-3-15)17(21)25/h2-5,22H,6-14,20H2,1H3,(H2,21,25)(H,23,26). The zero-order valence-corrected chi connectivity index (χ0v) is 15.6. The minimum absolute atomic E-state index is 0.00733. The Morgan fingerprint density at radius 2 is 1.81 bits per heavy atom. The lowest BCUT2D eigenvalue weighted by Gasteiger charge is -2.41. The number of carbonyl (C=O) groups excluding carboxylic acids is 2. The molecule has 3 amide bonds. The maximum atomic E-state index is 12.2. The van der Waals surface area contributed by atoms with Crippen molar-refractivity contribution in [1.29, 1.82) is 0 Å². The van der Waals surface area contributed by atoms with Gasteiger partial charge in [-0.05, 0) is 62.4 Å². The van der Waals surface area contributed by atoms with E-state index in [9.17, 15) is 9.59 Å². The van der Waals surface area contributed by atoms with Gasteiger partial charge >= 0.3 is 6.03 Å². The Labute approximate surface area is 155 Å². The van der Waals surface area contributed by atoms with Gasteiger partial charge in [0.1, 0.15) is 0 Å². The van der Waals surface area contributed by atoms with E-state index in [1.807, 2.05) is 24.1 Å². The summed E-state index contributed by atoms with van der Waals surface area (Å²) in [6, 6.07) is 7.45. The van der Waals surface area contributed by atoms with Crippen LogP contribution in [0.5, 0.6) is 0 Å². The number of nitrogens with zero attached hydrogens (tertiary/aromatic N) is 1. The van der Waals surface area contributed by atoms with Gasteiger partial charge in [-0.2, -0.15) is 0 Å². The second-order valence-corrected chi connectivity index (χ2v) is 7.09. The molecule has 1 aliphatic rings. The van der Waals surface area contributed by atoms with E-state index in [2.05, 4.69) is 10.6 Å². The molecule has 1 aromatic rings. The van der Waals surface area contributed by atoms with Gasteiger partial charge < -0.3 is 27.0 Å². The fraction of sp³-hybridized carbons (Fsp3) is 0.579. The fourth-order valence-corrected chi connectivity index (χ4v) is 3.39. The molecule has 6 N–H and O–H groups in total. The highest BCUT2D eigenvalue weighted by Crippen LogP contribution is 2.35. The summed E-state index contributed by atoms with van der Waals surface area (Å²) in [5.41, 5.74) is 13.2. The minimum Gasteiger partial charge on any atom is -0.366 e. The molecule has 1 aromatic carbocycles. The first-order valence-corrected chi connectivity index (χ1v) is 9.26. The Hall–Kier alpha value is -2.12. The number of primary amides is 1. The predicted molar refractivity (Wildman–Crippen MR) is 103 cm³/mol. The van der Waals surface area contributed by atoms with Gasteiger partial charge in [-0.25, -0.2) is 4.79 Å². The molecule has 1 aliphatic heterocycles. The van der Waals surface area contributed by atoms with Crippen molar-refractivity contribution in [2.24, 2.45) is 16.9 Å². The monoisotopic (exact) mass is 361 g/mol. The van der Waals surface area contributed by atoms with Gasteiger partial charge in [-0.3, -0.25) is 4.79 Å². The molecule has 0 unspecified atom stereocenters. The van der Waals surface area contributed by atoms with Crippen molar-refractivity contribution in [3.8, 4) is 0 Å². The topological polar surface area (TPSA) is 113 Å². The molecule has 0 bridgehead atoms. The van der Waals surface area contributed by atoms with Crippen molar-refractivity contribution < 1.29 is 9.59 Å². The molecule has 1 fully saturated rings. The summed E-state index contributed by atoms with van der Waals surface area (Å²) in [7, 11) is 1.87. The number of likely N-dealkylation sites (N-methyl/N-ethyl adjacent to an activating group) is 1. The zero-order chi connectivity index (χ0) is 19.0. The molecule has 0 atom stereocenters. The van der Waals surface area contributed by atoms with Gasteiger partial charge in [0.2, 0.25) is 5.91 Å². The van der Waals surface area contributed by atoms with Crippen LogP contribution in [0.2, 0.25) is 0 Å². The lowest BCUT2D eigenvalue weighted by Crippen LogP contribution is -2.50. The van der Waals surface area contributed by atoms with E-state index in [4.69, 9.17) is 11.5 Å². The average Bonchev–Trinajstić information content (AvgIpc) is 2.67. The van der Waals surface area contributed by atoms with E-state index in [1.54, 1.807) is 12.1 Å². The number of nitrogens with one attached hydrogen (secondary N) is 2. The molecule has 0 aliphatic carbocycles. The number of hydrogen-bond donors (Lipinski definition) is 4. The van der Waals surface area contributed by atoms with Crippen LogP contribution in [0.3, 0.4) is 0 Å². The summed E-state index contributed by atoms with van der Waals surface area (Å²) < 4.78 is 0. The van der Waals surface area contributed by atoms with Crippen LogP contribution in [0.4, 0.5) is 4.79 Å². The van der Waals surface area contributed by atoms with Crippen LogP contribution in [0.15, 0.2) is 24.3 Å². The number of rotatable bonds is 8. The molecule has 2 rings (SSSR count). The SMILES string of the molecule is CNCCNC(=O)N1CCC(CN)(CCc2ccc(C(N)=O)cc2)CC1. The van der Waals surface area contributed by atoms with Gasteiger partial charge in [0.05, 0.1) is 0 Å². The molecule has 26 heavy (non-hydrogen) atoms. The molecule has 0 spiro atoms. The Bertz CT molecular complexity index is 594. The molecule has 144 valence electrons. The number of piperidine rings is 1. The van der Waals surface area contributed by atoms with Crippen LogP contribution in [-0.4, -0.2) is 56.6 Å². The van der Waals surface area contributed by atoms with Gasteiger partial charge in [0.15, 0.2) is 0 Å². The van der Waals surface area contributed by atoms with Gasteiger partial charge in [0, 0.05) is 31.7 Å². The van der Waals surface area contributed by atoms with E-state index in [0.717, 1.165) is 45.3 Å². The van der Waals surface area contributed by atoms with E-state index >= 15 is 0 Å². The number of hydrogen-bond acceptors (Lipinski definition) is 4. The third-order valence-electron chi connectivity index (χ3n) is 5.38. The van der Waals surface area contributed by atoms with Crippen LogP contribution in [0.25, 0.3) is 0 Å². The molecule has 1 saturated heterocycles. The number of carbonyl (C=O) groups is 2.